The number of rotatable bonds is 5. The predicted molar refractivity (Wildman–Crippen MR) is 101 cm³/mol. The second-order valence-corrected chi connectivity index (χ2v) is 6.55. The summed E-state index contributed by atoms with van der Waals surface area (Å²) in [6, 6.07) is 12.8. The Labute approximate surface area is 165 Å². The van der Waals surface area contributed by atoms with Crippen molar-refractivity contribution in [1.82, 2.24) is 5.16 Å². The number of aromatic nitrogens is 1. The van der Waals surface area contributed by atoms with Crippen LogP contribution in [0.5, 0.6) is 5.75 Å². The first kappa shape index (κ1) is 18.7. The highest BCUT2D eigenvalue weighted by molar-refractivity contribution is 5.99. The number of para-hydroxylation sites is 2. The highest BCUT2D eigenvalue weighted by Crippen LogP contribution is 2.30. The van der Waals surface area contributed by atoms with Crippen molar-refractivity contribution in [3.63, 3.8) is 0 Å². The first-order valence-corrected chi connectivity index (χ1v) is 8.94. The number of anilines is 1. The van der Waals surface area contributed by atoms with Crippen LogP contribution in [-0.2, 0) is 20.9 Å². The first-order valence-electron chi connectivity index (χ1n) is 8.94. The van der Waals surface area contributed by atoms with Crippen LogP contribution in [0.4, 0.5) is 10.1 Å². The van der Waals surface area contributed by atoms with Crippen LogP contribution >= 0.6 is 0 Å². The number of halogens is 1. The molecule has 2 aromatic carbocycles. The van der Waals surface area contributed by atoms with E-state index in [1.54, 1.807) is 43.3 Å². The summed E-state index contributed by atoms with van der Waals surface area (Å²) in [4.78, 5) is 24.3. The van der Waals surface area contributed by atoms with E-state index in [1.807, 2.05) is 0 Å². The summed E-state index contributed by atoms with van der Waals surface area (Å²) in [5.41, 5.74) is 2.36. The molecule has 0 saturated heterocycles. The lowest BCUT2D eigenvalue weighted by atomic mass is 10.1. The van der Waals surface area contributed by atoms with Gasteiger partial charge >= 0.3 is 5.97 Å². The fraction of sp³-hybridized carbons (Fsp3) is 0.190. The third-order valence-electron chi connectivity index (χ3n) is 4.56. The van der Waals surface area contributed by atoms with Crippen molar-refractivity contribution in [1.29, 1.82) is 0 Å². The van der Waals surface area contributed by atoms with E-state index in [9.17, 15) is 14.0 Å². The van der Waals surface area contributed by atoms with Crippen molar-refractivity contribution in [2.24, 2.45) is 0 Å². The van der Waals surface area contributed by atoms with Crippen molar-refractivity contribution >= 4 is 17.6 Å². The first-order chi connectivity index (χ1) is 14.0. The molecule has 0 radical (unpaired) electrons. The molecule has 148 valence electrons. The number of fused-ring (bicyclic) bond motifs is 1. The molecule has 0 unspecified atom stereocenters. The van der Waals surface area contributed by atoms with E-state index in [-0.39, 0.29) is 18.8 Å². The molecule has 3 aromatic rings. The van der Waals surface area contributed by atoms with E-state index < -0.39 is 18.0 Å². The molecule has 0 saturated carbocycles. The number of carbonyl (C=O) groups excluding carboxylic acids is 2. The minimum absolute atomic E-state index is 0.111. The summed E-state index contributed by atoms with van der Waals surface area (Å²) in [7, 11) is 0. The van der Waals surface area contributed by atoms with Crippen molar-refractivity contribution < 1.29 is 28.0 Å². The maximum absolute atomic E-state index is 13.1. The Kier molecular flexibility index (Phi) is 4.99. The lowest BCUT2D eigenvalue weighted by Gasteiger charge is -2.25. The molecule has 0 bridgehead atoms. The molecule has 0 fully saturated rings. The average molecular weight is 396 g/mol. The number of nitrogens with zero attached hydrogens (tertiary/aromatic N) is 1. The topological polar surface area (TPSA) is 90.7 Å². The normalized spacial score (nSPS) is 15.2. The van der Waals surface area contributed by atoms with Crippen LogP contribution in [0, 0.1) is 12.7 Å². The molecule has 0 spiro atoms. The zero-order chi connectivity index (χ0) is 20.4. The molecule has 1 aliphatic rings. The Morgan fingerprint density at radius 1 is 1.21 bits per heavy atom. The van der Waals surface area contributed by atoms with Gasteiger partial charge in [0.15, 0.2) is 11.9 Å². The summed E-state index contributed by atoms with van der Waals surface area (Å²) in [6.07, 6.45) is -1.20. The Morgan fingerprint density at radius 2 is 1.97 bits per heavy atom. The monoisotopic (exact) mass is 396 g/mol. The molecule has 29 heavy (non-hydrogen) atoms. The third kappa shape index (κ3) is 3.96. The zero-order valence-electron chi connectivity index (χ0n) is 15.5. The van der Waals surface area contributed by atoms with E-state index in [0.29, 0.717) is 34.0 Å². The summed E-state index contributed by atoms with van der Waals surface area (Å²) in [5.74, 6) is -0.382. The SMILES string of the molecule is Cc1c(COC(=O)C[C@H]2Oc3ccccc3NC2=O)noc1-c1ccc(F)cc1. The van der Waals surface area contributed by atoms with E-state index in [2.05, 4.69) is 10.5 Å². The minimum atomic E-state index is -0.967. The van der Waals surface area contributed by atoms with Crippen LogP contribution in [0.15, 0.2) is 53.1 Å². The second-order valence-electron chi connectivity index (χ2n) is 6.55. The Balaban J connectivity index is 1.37. The number of hydrogen-bond donors (Lipinski definition) is 1. The lowest BCUT2D eigenvalue weighted by molar-refractivity contribution is -0.149. The minimum Gasteiger partial charge on any atom is -0.478 e. The van der Waals surface area contributed by atoms with E-state index in [0.717, 1.165) is 0 Å². The van der Waals surface area contributed by atoms with E-state index in [1.165, 1.54) is 12.1 Å². The van der Waals surface area contributed by atoms with Gasteiger partial charge in [0.1, 0.15) is 23.9 Å². The molecule has 1 N–H and O–H groups in total. The molecular weight excluding hydrogens is 379 g/mol. The van der Waals surface area contributed by atoms with Crippen LogP contribution in [-0.4, -0.2) is 23.1 Å². The van der Waals surface area contributed by atoms with Gasteiger partial charge in [-0.05, 0) is 43.3 Å². The zero-order valence-corrected chi connectivity index (χ0v) is 15.5. The number of hydrogen-bond acceptors (Lipinski definition) is 6. The number of carbonyl (C=O) groups is 2. The highest BCUT2D eigenvalue weighted by Gasteiger charge is 2.30. The van der Waals surface area contributed by atoms with Gasteiger partial charge in [-0.3, -0.25) is 9.59 Å². The van der Waals surface area contributed by atoms with Gasteiger partial charge in [0.25, 0.3) is 5.91 Å². The Hall–Kier alpha value is -3.68. The largest absolute Gasteiger partial charge is 0.478 e. The quantitative estimate of drug-likeness (QED) is 0.663. The summed E-state index contributed by atoms with van der Waals surface area (Å²) in [6.45, 7) is 1.66. The van der Waals surface area contributed by atoms with Gasteiger partial charge in [-0.1, -0.05) is 17.3 Å². The van der Waals surface area contributed by atoms with Crippen LogP contribution in [0.1, 0.15) is 17.7 Å². The average Bonchev–Trinajstić information content (AvgIpc) is 3.08. The molecule has 7 nitrogen and oxygen atoms in total. The van der Waals surface area contributed by atoms with Crippen LogP contribution in [0.2, 0.25) is 0 Å². The van der Waals surface area contributed by atoms with Gasteiger partial charge in [0.05, 0.1) is 12.1 Å². The summed E-state index contributed by atoms with van der Waals surface area (Å²) >= 11 is 0. The number of esters is 1. The van der Waals surface area contributed by atoms with Gasteiger partial charge in [-0.25, -0.2) is 4.39 Å². The van der Waals surface area contributed by atoms with Crippen molar-refractivity contribution in [2.75, 3.05) is 5.32 Å². The molecule has 1 amide bonds. The maximum Gasteiger partial charge on any atom is 0.310 e. The van der Waals surface area contributed by atoms with E-state index >= 15 is 0 Å². The van der Waals surface area contributed by atoms with Gasteiger partial charge in [-0.15, -0.1) is 0 Å². The standard InChI is InChI=1S/C21H17FN2O5/c1-12-16(24-29-20(12)13-6-8-14(22)9-7-13)11-27-19(25)10-18-21(26)23-15-4-2-3-5-17(15)28-18/h2-9,18H,10-11H2,1H3,(H,23,26)/t18-/m1/s1. The van der Waals surface area contributed by atoms with Gasteiger partial charge in [0.2, 0.25) is 0 Å². The van der Waals surface area contributed by atoms with Crippen molar-refractivity contribution in [3.8, 4) is 17.1 Å². The van der Waals surface area contributed by atoms with Gasteiger partial charge < -0.3 is 19.3 Å². The molecule has 1 aliphatic heterocycles. The van der Waals surface area contributed by atoms with Crippen LogP contribution < -0.4 is 10.1 Å². The predicted octanol–water partition coefficient (Wildman–Crippen LogP) is 3.62. The molecule has 8 heteroatoms. The van der Waals surface area contributed by atoms with Crippen molar-refractivity contribution in [2.45, 2.75) is 26.1 Å². The molecular formula is C21H17FN2O5. The Bertz CT molecular complexity index is 1060. The molecule has 0 aliphatic carbocycles. The maximum atomic E-state index is 13.1. The lowest BCUT2D eigenvalue weighted by Crippen LogP contribution is -2.38. The third-order valence-corrected chi connectivity index (χ3v) is 4.56. The van der Waals surface area contributed by atoms with Crippen molar-refractivity contribution in [3.05, 3.63) is 65.6 Å². The number of nitrogens with one attached hydrogen (secondary N) is 1. The molecule has 2 heterocycles. The van der Waals surface area contributed by atoms with Crippen LogP contribution in [0.3, 0.4) is 0 Å². The molecule has 1 aromatic heterocycles. The Morgan fingerprint density at radius 3 is 2.76 bits per heavy atom. The number of ether oxygens (including phenoxy) is 2. The number of amides is 1. The number of benzene rings is 2. The van der Waals surface area contributed by atoms with Gasteiger partial charge in [0, 0.05) is 11.1 Å². The molecule has 1 atom stereocenters. The second kappa shape index (κ2) is 7.75. The highest BCUT2D eigenvalue weighted by atomic mass is 19.1. The fourth-order valence-electron chi connectivity index (χ4n) is 2.96. The molecule has 4 rings (SSSR count). The smallest absolute Gasteiger partial charge is 0.310 e. The van der Waals surface area contributed by atoms with Crippen LogP contribution in [0.25, 0.3) is 11.3 Å². The summed E-state index contributed by atoms with van der Waals surface area (Å²) < 4.78 is 29.2. The van der Waals surface area contributed by atoms with Gasteiger partial charge in [-0.2, -0.15) is 0 Å². The fourth-order valence-corrected chi connectivity index (χ4v) is 2.96. The van der Waals surface area contributed by atoms with E-state index in [4.69, 9.17) is 14.0 Å². The summed E-state index contributed by atoms with van der Waals surface area (Å²) in [5, 5.41) is 6.62.